The van der Waals surface area contributed by atoms with Gasteiger partial charge in [-0.15, -0.1) is 0 Å². The van der Waals surface area contributed by atoms with E-state index in [0.29, 0.717) is 5.92 Å². The molecule has 3 nitrogen and oxygen atoms in total. The maximum Gasteiger partial charge on any atom is 0.0681 e. The molecule has 3 heteroatoms. The molecule has 0 fully saturated rings. The zero-order chi connectivity index (χ0) is 12.7. The summed E-state index contributed by atoms with van der Waals surface area (Å²) in [4.78, 5) is 2.39. The second-order valence-electron chi connectivity index (χ2n) is 4.64. The SMILES string of the molecule is CCN(Cc1ccc(CO)cc1)CC(C)CN. The zero-order valence-corrected chi connectivity index (χ0v) is 10.9. The molecule has 1 aromatic rings. The predicted octanol–water partition coefficient (Wildman–Crippen LogP) is 1.60. The summed E-state index contributed by atoms with van der Waals surface area (Å²) in [6, 6.07) is 8.13. The number of hydrogen-bond acceptors (Lipinski definition) is 3. The Labute approximate surface area is 104 Å². The second kappa shape index (κ2) is 7.43. The number of nitrogens with zero attached hydrogens (tertiary/aromatic N) is 1. The first-order valence-corrected chi connectivity index (χ1v) is 6.30. The van der Waals surface area contributed by atoms with Gasteiger partial charge >= 0.3 is 0 Å². The van der Waals surface area contributed by atoms with E-state index in [-0.39, 0.29) is 6.61 Å². The van der Waals surface area contributed by atoms with E-state index in [1.54, 1.807) is 0 Å². The first kappa shape index (κ1) is 14.2. The zero-order valence-electron chi connectivity index (χ0n) is 10.9. The number of hydrogen-bond donors (Lipinski definition) is 2. The number of rotatable bonds is 7. The van der Waals surface area contributed by atoms with E-state index in [9.17, 15) is 0 Å². The molecule has 0 saturated carbocycles. The van der Waals surface area contributed by atoms with Crippen molar-refractivity contribution < 1.29 is 5.11 Å². The molecule has 0 aromatic heterocycles. The van der Waals surface area contributed by atoms with Crippen LogP contribution < -0.4 is 5.73 Å². The number of aliphatic hydroxyl groups is 1. The fourth-order valence-electron chi connectivity index (χ4n) is 1.83. The van der Waals surface area contributed by atoms with Crippen LogP contribution in [0, 0.1) is 5.92 Å². The van der Waals surface area contributed by atoms with Gasteiger partial charge in [0.1, 0.15) is 0 Å². The molecular formula is C14H24N2O. The van der Waals surface area contributed by atoms with E-state index < -0.39 is 0 Å². The molecule has 0 aliphatic heterocycles. The summed E-state index contributed by atoms with van der Waals surface area (Å²) < 4.78 is 0. The normalized spacial score (nSPS) is 13.0. The van der Waals surface area contributed by atoms with Crippen LogP contribution in [0.2, 0.25) is 0 Å². The Morgan fingerprint density at radius 3 is 2.29 bits per heavy atom. The van der Waals surface area contributed by atoms with Gasteiger partial charge in [0.25, 0.3) is 0 Å². The van der Waals surface area contributed by atoms with Crippen molar-refractivity contribution in [1.82, 2.24) is 4.90 Å². The molecule has 1 atom stereocenters. The molecule has 0 bridgehead atoms. The van der Waals surface area contributed by atoms with Crippen molar-refractivity contribution in [2.24, 2.45) is 11.7 Å². The average molecular weight is 236 g/mol. The van der Waals surface area contributed by atoms with E-state index >= 15 is 0 Å². The topological polar surface area (TPSA) is 49.5 Å². The molecule has 17 heavy (non-hydrogen) atoms. The van der Waals surface area contributed by atoms with Crippen molar-refractivity contribution >= 4 is 0 Å². The molecule has 0 saturated heterocycles. The summed E-state index contributed by atoms with van der Waals surface area (Å²) in [5.74, 6) is 0.534. The highest BCUT2D eigenvalue weighted by Crippen LogP contribution is 2.09. The van der Waals surface area contributed by atoms with Gasteiger partial charge in [0.15, 0.2) is 0 Å². The maximum absolute atomic E-state index is 8.98. The standard InChI is InChI=1S/C14H24N2O/c1-3-16(9-12(2)8-15)10-13-4-6-14(11-17)7-5-13/h4-7,12,17H,3,8-11,15H2,1-2H3. The Bertz CT molecular complexity index is 311. The van der Waals surface area contributed by atoms with Gasteiger partial charge in [0, 0.05) is 13.1 Å². The summed E-state index contributed by atoms with van der Waals surface area (Å²) in [7, 11) is 0. The van der Waals surface area contributed by atoms with Gasteiger partial charge in [0.2, 0.25) is 0 Å². The van der Waals surface area contributed by atoms with Crippen LogP contribution in [-0.4, -0.2) is 29.6 Å². The lowest BCUT2D eigenvalue weighted by molar-refractivity contribution is 0.243. The molecule has 1 aromatic carbocycles. The van der Waals surface area contributed by atoms with E-state index in [4.69, 9.17) is 10.8 Å². The summed E-state index contributed by atoms with van der Waals surface area (Å²) >= 11 is 0. The van der Waals surface area contributed by atoms with Gasteiger partial charge in [-0.25, -0.2) is 0 Å². The molecular weight excluding hydrogens is 212 g/mol. The minimum atomic E-state index is 0.113. The van der Waals surface area contributed by atoms with Crippen LogP contribution in [-0.2, 0) is 13.2 Å². The van der Waals surface area contributed by atoms with Crippen LogP contribution in [0.15, 0.2) is 24.3 Å². The highest BCUT2D eigenvalue weighted by atomic mass is 16.3. The molecule has 3 N–H and O–H groups in total. The van der Waals surface area contributed by atoms with Gasteiger partial charge in [-0.05, 0) is 30.1 Å². The average Bonchev–Trinajstić information content (AvgIpc) is 2.38. The van der Waals surface area contributed by atoms with Gasteiger partial charge < -0.3 is 10.8 Å². The van der Waals surface area contributed by atoms with Crippen LogP contribution in [0.5, 0.6) is 0 Å². The van der Waals surface area contributed by atoms with E-state index in [2.05, 4.69) is 30.9 Å². The maximum atomic E-state index is 8.98. The number of aliphatic hydroxyl groups excluding tert-OH is 1. The lowest BCUT2D eigenvalue weighted by Crippen LogP contribution is -2.31. The highest BCUT2D eigenvalue weighted by molar-refractivity contribution is 5.21. The van der Waals surface area contributed by atoms with Gasteiger partial charge in [-0.3, -0.25) is 4.90 Å². The first-order chi connectivity index (χ1) is 8.19. The molecule has 96 valence electrons. The minimum Gasteiger partial charge on any atom is -0.392 e. The molecule has 0 heterocycles. The van der Waals surface area contributed by atoms with Crippen molar-refractivity contribution in [3.63, 3.8) is 0 Å². The third kappa shape index (κ3) is 4.86. The van der Waals surface area contributed by atoms with Crippen molar-refractivity contribution in [2.75, 3.05) is 19.6 Å². The van der Waals surface area contributed by atoms with E-state index in [1.165, 1.54) is 5.56 Å². The van der Waals surface area contributed by atoms with Crippen molar-refractivity contribution in [1.29, 1.82) is 0 Å². The summed E-state index contributed by atoms with van der Waals surface area (Å²) in [6.07, 6.45) is 0. The van der Waals surface area contributed by atoms with Crippen molar-refractivity contribution in [3.05, 3.63) is 35.4 Å². The Hall–Kier alpha value is -0.900. The van der Waals surface area contributed by atoms with Crippen LogP contribution in [0.25, 0.3) is 0 Å². The quantitative estimate of drug-likeness (QED) is 0.756. The molecule has 0 spiro atoms. The minimum absolute atomic E-state index is 0.113. The molecule has 0 aliphatic carbocycles. The van der Waals surface area contributed by atoms with Crippen molar-refractivity contribution in [3.8, 4) is 0 Å². The van der Waals surface area contributed by atoms with Gasteiger partial charge in [-0.2, -0.15) is 0 Å². The largest absolute Gasteiger partial charge is 0.392 e. The lowest BCUT2D eigenvalue weighted by Gasteiger charge is -2.23. The summed E-state index contributed by atoms with van der Waals surface area (Å²) in [6.45, 7) is 8.22. The molecule has 1 unspecified atom stereocenters. The summed E-state index contributed by atoms with van der Waals surface area (Å²) in [5, 5.41) is 8.98. The van der Waals surface area contributed by atoms with Crippen molar-refractivity contribution in [2.45, 2.75) is 27.0 Å². The molecule has 0 aliphatic rings. The van der Waals surface area contributed by atoms with Gasteiger partial charge in [-0.1, -0.05) is 38.1 Å². The third-order valence-corrected chi connectivity index (χ3v) is 3.03. The highest BCUT2D eigenvalue weighted by Gasteiger charge is 2.07. The molecule has 0 radical (unpaired) electrons. The Morgan fingerprint density at radius 1 is 1.24 bits per heavy atom. The van der Waals surface area contributed by atoms with Crippen LogP contribution in [0.1, 0.15) is 25.0 Å². The van der Waals surface area contributed by atoms with Crippen LogP contribution in [0.3, 0.4) is 0 Å². The monoisotopic (exact) mass is 236 g/mol. The second-order valence-corrected chi connectivity index (χ2v) is 4.64. The number of benzene rings is 1. The smallest absolute Gasteiger partial charge is 0.0681 e. The molecule has 0 amide bonds. The molecule has 1 rings (SSSR count). The Morgan fingerprint density at radius 2 is 1.82 bits per heavy atom. The van der Waals surface area contributed by atoms with Crippen LogP contribution in [0.4, 0.5) is 0 Å². The van der Waals surface area contributed by atoms with E-state index in [1.807, 2.05) is 12.1 Å². The lowest BCUT2D eigenvalue weighted by atomic mass is 10.1. The Balaban J connectivity index is 2.54. The third-order valence-electron chi connectivity index (χ3n) is 3.03. The first-order valence-electron chi connectivity index (χ1n) is 6.30. The number of nitrogens with two attached hydrogens (primary N) is 1. The summed E-state index contributed by atoms with van der Waals surface area (Å²) in [5.41, 5.74) is 7.90. The fraction of sp³-hybridized carbons (Fsp3) is 0.571. The van der Waals surface area contributed by atoms with Gasteiger partial charge in [0.05, 0.1) is 6.61 Å². The van der Waals surface area contributed by atoms with E-state index in [0.717, 1.165) is 31.7 Å². The Kier molecular flexibility index (Phi) is 6.19. The van der Waals surface area contributed by atoms with Crippen LogP contribution >= 0.6 is 0 Å². The predicted molar refractivity (Wildman–Crippen MR) is 71.5 cm³/mol. The fourth-order valence-corrected chi connectivity index (χ4v) is 1.83.